The van der Waals surface area contributed by atoms with E-state index >= 15 is 0 Å². The van der Waals surface area contributed by atoms with Crippen LogP contribution in [0.25, 0.3) is 0 Å². The van der Waals surface area contributed by atoms with Gasteiger partial charge in [-0.25, -0.2) is 9.67 Å². The third kappa shape index (κ3) is 4.47. The van der Waals surface area contributed by atoms with Crippen LogP contribution in [-0.4, -0.2) is 30.7 Å². The Balaban J connectivity index is 2.38. The summed E-state index contributed by atoms with van der Waals surface area (Å²) in [6, 6.07) is 4.98. The topological polar surface area (TPSA) is 68.0 Å². The summed E-state index contributed by atoms with van der Waals surface area (Å²) in [5, 5.41) is 16.3. The van der Waals surface area contributed by atoms with E-state index in [4.69, 9.17) is 23.2 Å². The first-order valence-corrected chi connectivity index (χ1v) is 8.70. The van der Waals surface area contributed by atoms with Crippen molar-refractivity contribution in [2.75, 3.05) is 5.75 Å². The number of hydrogen-bond donors (Lipinski definition) is 1. The minimum Gasteiger partial charge on any atom is -0.383 e. The van der Waals surface area contributed by atoms with Crippen molar-refractivity contribution in [2.24, 2.45) is 5.92 Å². The first-order chi connectivity index (χ1) is 10.8. The fourth-order valence-electron chi connectivity index (χ4n) is 2.29. The molecule has 5 nitrogen and oxygen atoms in total. The van der Waals surface area contributed by atoms with Crippen molar-refractivity contribution >= 4 is 40.1 Å². The smallest absolute Gasteiger partial charge is 0.185 e. The fraction of sp³-hybridized carbons (Fsp3) is 0.400. The third-order valence-electron chi connectivity index (χ3n) is 3.62. The Labute approximate surface area is 149 Å². The molecule has 0 bridgehead atoms. The van der Waals surface area contributed by atoms with Gasteiger partial charge >= 0.3 is 0 Å². The van der Waals surface area contributed by atoms with E-state index in [9.17, 15) is 9.90 Å². The normalized spacial score (nSPS) is 15.2. The van der Waals surface area contributed by atoms with Crippen molar-refractivity contribution in [3.63, 3.8) is 0 Å². The lowest BCUT2D eigenvalue weighted by Gasteiger charge is -2.35. The summed E-state index contributed by atoms with van der Waals surface area (Å²) < 4.78 is 1.54. The molecule has 1 aromatic heterocycles. The molecule has 0 fully saturated rings. The number of rotatable bonds is 6. The van der Waals surface area contributed by atoms with Crippen LogP contribution in [0.1, 0.15) is 19.4 Å². The van der Waals surface area contributed by atoms with Gasteiger partial charge in [-0.15, -0.1) is 0 Å². The SMILES string of the molecule is CC(=O)SCC(C)C(O)(Cn1cncn1)c1ccc(Cl)cc1Cl. The van der Waals surface area contributed by atoms with Crippen LogP contribution < -0.4 is 0 Å². The molecule has 0 radical (unpaired) electrons. The fourth-order valence-corrected chi connectivity index (χ4v) is 3.62. The Hall–Kier alpha value is -1.08. The second-order valence-electron chi connectivity index (χ2n) is 5.35. The zero-order valence-electron chi connectivity index (χ0n) is 12.7. The number of carbonyl (C=O) groups excluding carboxylic acids is 1. The van der Waals surface area contributed by atoms with Crippen LogP contribution in [0.2, 0.25) is 10.0 Å². The molecule has 0 aliphatic carbocycles. The summed E-state index contributed by atoms with van der Waals surface area (Å²) >= 11 is 13.4. The third-order valence-corrected chi connectivity index (χ3v) is 5.24. The van der Waals surface area contributed by atoms with Crippen LogP contribution in [0.5, 0.6) is 0 Å². The summed E-state index contributed by atoms with van der Waals surface area (Å²) in [5.74, 6) is 0.207. The number of benzene rings is 1. The molecule has 2 aromatic rings. The molecule has 0 saturated carbocycles. The Kier molecular flexibility index (Phi) is 6.08. The minimum absolute atomic E-state index is 0.00200. The maximum Gasteiger partial charge on any atom is 0.185 e. The van der Waals surface area contributed by atoms with Gasteiger partial charge in [0.2, 0.25) is 0 Å². The second kappa shape index (κ2) is 7.66. The van der Waals surface area contributed by atoms with E-state index < -0.39 is 5.60 Å². The monoisotopic (exact) mass is 373 g/mol. The zero-order chi connectivity index (χ0) is 17.0. The molecule has 0 aliphatic rings. The molecule has 1 N–H and O–H groups in total. The molecule has 8 heteroatoms. The molecule has 0 aliphatic heterocycles. The van der Waals surface area contributed by atoms with Gasteiger partial charge < -0.3 is 5.11 Å². The highest BCUT2D eigenvalue weighted by Gasteiger charge is 2.38. The van der Waals surface area contributed by atoms with Gasteiger partial charge in [0.15, 0.2) is 5.12 Å². The second-order valence-corrected chi connectivity index (χ2v) is 7.39. The van der Waals surface area contributed by atoms with Gasteiger partial charge in [-0.2, -0.15) is 5.10 Å². The standard InChI is InChI=1S/C15H17Cl2N3O2S/c1-10(6-23-11(2)21)15(22,7-20-9-18-8-19-20)13-4-3-12(16)5-14(13)17/h3-5,8-10,22H,6-7H2,1-2H3. The average molecular weight is 374 g/mol. The van der Waals surface area contributed by atoms with Gasteiger partial charge in [0.05, 0.1) is 6.54 Å². The molecule has 0 amide bonds. The molecular weight excluding hydrogens is 357 g/mol. The van der Waals surface area contributed by atoms with Crippen molar-refractivity contribution < 1.29 is 9.90 Å². The summed E-state index contributed by atoms with van der Waals surface area (Å²) in [6.45, 7) is 3.55. The Morgan fingerprint density at radius 1 is 1.48 bits per heavy atom. The lowest BCUT2D eigenvalue weighted by atomic mass is 9.83. The number of hydrogen-bond acceptors (Lipinski definition) is 5. The van der Waals surface area contributed by atoms with E-state index in [1.165, 1.54) is 31.3 Å². The highest BCUT2D eigenvalue weighted by molar-refractivity contribution is 8.13. The van der Waals surface area contributed by atoms with Crippen LogP contribution in [0.3, 0.4) is 0 Å². The summed E-state index contributed by atoms with van der Waals surface area (Å²) in [7, 11) is 0. The van der Waals surface area contributed by atoms with Crippen LogP contribution in [0.4, 0.5) is 0 Å². The summed E-state index contributed by atoms with van der Waals surface area (Å²) in [6.07, 6.45) is 2.93. The molecule has 1 aromatic carbocycles. The van der Waals surface area contributed by atoms with Crippen molar-refractivity contribution in [1.82, 2.24) is 14.8 Å². The van der Waals surface area contributed by atoms with E-state index in [-0.39, 0.29) is 17.6 Å². The van der Waals surface area contributed by atoms with Crippen molar-refractivity contribution in [2.45, 2.75) is 26.0 Å². The predicted octanol–water partition coefficient (Wildman–Crippen LogP) is 3.39. The van der Waals surface area contributed by atoms with Crippen LogP contribution >= 0.6 is 35.0 Å². The van der Waals surface area contributed by atoms with Crippen molar-refractivity contribution in [3.05, 3.63) is 46.5 Å². The number of aliphatic hydroxyl groups is 1. The maximum absolute atomic E-state index is 11.4. The number of halogens is 2. The Morgan fingerprint density at radius 3 is 2.78 bits per heavy atom. The highest BCUT2D eigenvalue weighted by atomic mass is 35.5. The molecule has 2 atom stereocenters. The van der Waals surface area contributed by atoms with Gasteiger partial charge in [-0.3, -0.25) is 4.79 Å². The largest absolute Gasteiger partial charge is 0.383 e. The first-order valence-electron chi connectivity index (χ1n) is 6.96. The van der Waals surface area contributed by atoms with Gasteiger partial charge in [-0.1, -0.05) is 48.0 Å². The molecule has 1 heterocycles. The first kappa shape index (κ1) is 18.3. The van der Waals surface area contributed by atoms with E-state index in [1.54, 1.807) is 22.9 Å². The van der Waals surface area contributed by atoms with Crippen LogP contribution in [0, 0.1) is 5.92 Å². The average Bonchev–Trinajstić information content (AvgIpc) is 2.97. The number of aromatic nitrogens is 3. The van der Waals surface area contributed by atoms with Gasteiger partial charge in [0, 0.05) is 34.2 Å². The minimum atomic E-state index is -1.31. The highest BCUT2D eigenvalue weighted by Crippen LogP contribution is 2.38. The summed E-state index contributed by atoms with van der Waals surface area (Å²) in [5.41, 5.74) is -0.756. The maximum atomic E-state index is 11.4. The van der Waals surface area contributed by atoms with Gasteiger partial charge in [-0.05, 0) is 12.1 Å². The van der Waals surface area contributed by atoms with E-state index in [1.807, 2.05) is 6.92 Å². The molecule has 2 unspecified atom stereocenters. The van der Waals surface area contributed by atoms with Gasteiger partial charge in [0.1, 0.15) is 18.3 Å². The van der Waals surface area contributed by atoms with Gasteiger partial charge in [0.25, 0.3) is 0 Å². The number of thioether (sulfide) groups is 1. The lowest BCUT2D eigenvalue weighted by Crippen LogP contribution is -2.40. The summed E-state index contributed by atoms with van der Waals surface area (Å²) in [4.78, 5) is 15.1. The quantitative estimate of drug-likeness (QED) is 0.840. The van der Waals surface area contributed by atoms with Crippen molar-refractivity contribution in [1.29, 1.82) is 0 Å². The number of nitrogens with zero attached hydrogens (tertiary/aromatic N) is 3. The van der Waals surface area contributed by atoms with Crippen LogP contribution in [-0.2, 0) is 16.9 Å². The lowest BCUT2D eigenvalue weighted by molar-refractivity contribution is -0.109. The molecular formula is C15H17Cl2N3O2S. The Morgan fingerprint density at radius 2 is 2.22 bits per heavy atom. The molecule has 0 saturated heterocycles. The zero-order valence-corrected chi connectivity index (χ0v) is 15.1. The van der Waals surface area contributed by atoms with E-state index in [0.29, 0.717) is 21.4 Å². The molecule has 2 rings (SSSR count). The van der Waals surface area contributed by atoms with E-state index in [0.717, 1.165) is 0 Å². The molecule has 23 heavy (non-hydrogen) atoms. The molecule has 124 valence electrons. The predicted molar refractivity (Wildman–Crippen MR) is 92.7 cm³/mol. The number of carbonyl (C=O) groups is 1. The Bertz CT molecular complexity index is 681. The van der Waals surface area contributed by atoms with Crippen molar-refractivity contribution in [3.8, 4) is 0 Å². The van der Waals surface area contributed by atoms with E-state index in [2.05, 4.69) is 10.1 Å². The van der Waals surface area contributed by atoms with Crippen LogP contribution in [0.15, 0.2) is 30.9 Å². The molecule has 0 spiro atoms.